The zero-order valence-corrected chi connectivity index (χ0v) is 11.3. The average Bonchev–Trinajstić information content (AvgIpc) is 2.70. The first-order valence-corrected chi connectivity index (χ1v) is 6.86. The highest BCUT2D eigenvalue weighted by Gasteiger charge is 2.19. The Bertz CT molecular complexity index is 490. The second kappa shape index (κ2) is 5.75. The molecule has 1 unspecified atom stereocenters. The third-order valence-electron chi connectivity index (χ3n) is 1.88. The van der Waals surface area contributed by atoms with E-state index < -0.39 is 10.8 Å². The molecule has 92 valence electrons. The predicted molar refractivity (Wildman–Crippen MR) is 66.5 cm³/mol. The number of anilines is 1. The molecule has 17 heavy (non-hydrogen) atoms. The lowest BCUT2D eigenvalue weighted by Crippen LogP contribution is -2.27. The fourth-order valence-electron chi connectivity index (χ4n) is 0.960. The van der Waals surface area contributed by atoms with Gasteiger partial charge in [-0.25, -0.2) is 4.79 Å². The maximum atomic E-state index is 11.6. The number of amides is 2. The minimum atomic E-state index is -1.29. The van der Waals surface area contributed by atoms with Gasteiger partial charge in [0.15, 0.2) is 5.03 Å². The number of nitrogens with one attached hydrogen (secondary N) is 1. The molecule has 0 aromatic carbocycles. The first kappa shape index (κ1) is 13.6. The Labute approximate surface area is 106 Å². The van der Waals surface area contributed by atoms with Gasteiger partial charge in [0.2, 0.25) is 0 Å². The zero-order valence-electron chi connectivity index (χ0n) is 9.68. The number of carbonyl (C=O) groups excluding carboxylic acids is 1. The number of urea groups is 1. The van der Waals surface area contributed by atoms with Crippen LogP contribution in [0.4, 0.5) is 9.80 Å². The molecule has 1 aromatic heterocycles. The lowest BCUT2D eigenvalue weighted by molar-refractivity contribution is 0.231. The molecule has 1 rings (SSSR count). The Hall–Kier alpha value is -1.46. The molecule has 6 nitrogen and oxygen atoms in total. The van der Waals surface area contributed by atoms with E-state index in [2.05, 4.69) is 9.69 Å². The fourth-order valence-corrected chi connectivity index (χ4v) is 2.75. The third kappa shape index (κ3) is 3.01. The van der Waals surface area contributed by atoms with Crippen LogP contribution in [-0.2, 0) is 10.8 Å². The van der Waals surface area contributed by atoms with Gasteiger partial charge in [0, 0.05) is 19.8 Å². The van der Waals surface area contributed by atoms with Gasteiger partial charge in [-0.1, -0.05) is 6.92 Å². The first-order chi connectivity index (χ1) is 8.01. The smallest absolute Gasteiger partial charge is 0.322 e. The summed E-state index contributed by atoms with van der Waals surface area (Å²) in [6.45, 7) is 1.74. The van der Waals surface area contributed by atoms with E-state index in [0.29, 0.717) is 10.8 Å². The molecule has 0 spiro atoms. The highest BCUT2D eigenvalue weighted by molar-refractivity contribution is 7.85. The van der Waals surface area contributed by atoms with Crippen molar-refractivity contribution in [2.75, 3.05) is 25.2 Å². The molecule has 1 N–H and O–H groups in total. The van der Waals surface area contributed by atoms with Crippen molar-refractivity contribution in [3.63, 3.8) is 0 Å². The summed E-state index contributed by atoms with van der Waals surface area (Å²) in [4.78, 5) is 12.8. The van der Waals surface area contributed by atoms with Gasteiger partial charge in [-0.3, -0.25) is 9.53 Å². The van der Waals surface area contributed by atoms with E-state index in [4.69, 9.17) is 5.26 Å². The van der Waals surface area contributed by atoms with Gasteiger partial charge in [0.1, 0.15) is 16.6 Å². The van der Waals surface area contributed by atoms with Crippen molar-refractivity contribution in [1.29, 1.82) is 5.26 Å². The van der Waals surface area contributed by atoms with Crippen LogP contribution >= 0.6 is 11.5 Å². The second-order valence-electron chi connectivity index (χ2n) is 3.26. The highest BCUT2D eigenvalue weighted by atomic mass is 32.2. The molecule has 0 aliphatic heterocycles. The van der Waals surface area contributed by atoms with Crippen LogP contribution in [0.2, 0.25) is 0 Å². The van der Waals surface area contributed by atoms with E-state index >= 15 is 0 Å². The monoisotopic (exact) mass is 272 g/mol. The summed E-state index contributed by atoms with van der Waals surface area (Å²) in [6, 6.07) is 1.58. The van der Waals surface area contributed by atoms with Gasteiger partial charge in [-0.2, -0.15) is 9.64 Å². The van der Waals surface area contributed by atoms with Crippen LogP contribution < -0.4 is 5.32 Å². The maximum Gasteiger partial charge on any atom is 0.322 e. The van der Waals surface area contributed by atoms with Crippen LogP contribution in [0.3, 0.4) is 0 Å². The first-order valence-electron chi connectivity index (χ1n) is 4.77. The molecule has 0 fully saturated rings. The normalized spacial score (nSPS) is 11.6. The van der Waals surface area contributed by atoms with Gasteiger partial charge >= 0.3 is 6.03 Å². The van der Waals surface area contributed by atoms with Gasteiger partial charge in [-0.05, 0) is 11.5 Å². The average molecular weight is 272 g/mol. The molecular weight excluding hydrogens is 260 g/mol. The molecule has 0 aliphatic carbocycles. The van der Waals surface area contributed by atoms with E-state index in [1.54, 1.807) is 21.0 Å². The van der Waals surface area contributed by atoms with Crippen LogP contribution in [0.5, 0.6) is 0 Å². The summed E-state index contributed by atoms with van der Waals surface area (Å²) >= 11 is 0.966. The van der Waals surface area contributed by atoms with Crippen LogP contribution in [0.25, 0.3) is 0 Å². The van der Waals surface area contributed by atoms with Crippen molar-refractivity contribution in [1.82, 2.24) is 9.27 Å². The Morgan fingerprint density at radius 1 is 1.65 bits per heavy atom. The Morgan fingerprint density at radius 2 is 2.29 bits per heavy atom. The summed E-state index contributed by atoms with van der Waals surface area (Å²) in [7, 11) is 1.89. The Kier molecular flexibility index (Phi) is 4.60. The van der Waals surface area contributed by atoms with Crippen molar-refractivity contribution in [2.45, 2.75) is 11.9 Å². The van der Waals surface area contributed by atoms with Crippen molar-refractivity contribution in [2.24, 2.45) is 0 Å². The molecule has 0 radical (unpaired) electrons. The van der Waals surface area contributed by atoms with Crippen molar-refractivity contribution >= 4 is 33.4 Å². The summed E-state index contributed by atoms with van der Waals surface area (Å²) < 4.78 is 15.6. The molecule has 1 heterocycles. The molecule has 2 amide bonds. The maximum absolute atomic E-state index is 11.6. The Balaban J connectivity index is 3.04. The fraction of sp³-hybridized carbons (Fsp3) is 0.444. The van der Waals surface area contributed by atoms with Crippen LogP contribution in [-0.4, -0.2) is 39.4 Å². The van der Waals surface area contributed by atoms with E-state index in [-0.39, 0.29) is 16.6 Å². The van der Waals surface area contributed by atoms with Crippen LogP contribution in [0.1, 0.15) is 12.5 Å². The number of nitriles is 1. The SMILES string of the molecule is CCS(=O)c1nsc(NC(=O)N(C)C)c1C#N. The number of carbonyl (C=O) groups is 1. The molecule has 0 saturated carbocycles. The topological polar surface area (TPSA) is 86.1 Å². The van der Waals surface area contributed by atoms with Crippen molar-refractivity contribution in [3.8, 4) is 6.07 Å². The third-order valence-corrected chi connectivity index (χ3v) is 4.01. The molecule has 0 bridgehead atoms. The van der Waals surface area contributed by atoms with Gasteiger partial charge in [0.25, 0.3) is 0 Å². The minimum Gasteiger partial charge on any atom is -0.331 e. The highest BCUT2D eigenvalue weighted by Crippen LogP contribution is 2.26. The second-order valence-corrected chi connectivity index (χ2v) is 5.69. The lowest BCUT2D eigenvalue weighted by atomic mass is 10.4. The summed E-state index contributed by atoms with van der Waals surface area (Å²) in [5.41, 5.74) is 0.186. The van der Waals surface area contributed by atoms with E-state index in [0.717, 1.165) is 11.5 Å². The van der Waals surface area contributed by atoms with Gasteiger partial charge in [0.05, 0.1) is 10.8 Å². The molecule has 0 aliphatic rings. The number of aromatic nitrogens is 1. The number of rotatable bonds is 3. The quantitative estimate of drug-likeness (QED) is 0.896. The lowest BCUT2D eigenvalue weighted by Gasteiger charge is -2.10. The standard InChI is InChI=1S/C9H12N4O2S2/c1-4-17(15)8-6(5-10)7(16-12-8)11-9(14)13(2)3/h4H2,1-3H3,(H,11,14). The number of hydrogen-bond donors (Lipinski definition) is 1. The largest absolute Gasteiger partial charge is 0.331 e. The summed E-state index contributed by atoms with van der Waals surface area (Å²) in [5, 5.41) is 12.1. The van der Waals surface area contributed by atoms with Crippen LogP contribution in [0.15, 0.2) is 5.03 Å². The summed E-state index contributed by atoms with van der Waals surface area (Å²) in [6.07, 6.45) is 0. The molecular formula is C9H12N4O2S2. The van der Waals surface area contributed by atoms with Gasteiger partial charge < -0.3 is 4.90 Å². The number of nitrogens with zero attached hydrogens (tertiary/aromatic N) is 3. The van der Waals surface area contributed by atoms with E-state index in [1.165, 1.54) is 4.90 Å². The van der Waals surface area contributed by atoms with Crippen molar-refractivity contribution in [3.05, 3.63) is 5.56 Å². The van der Waals surface area contributed by atoms with E-state index in [9.17, 15) is 9.00 Å². The zero-order chi connectivity index (χ0) is 13.0. The van der Waals surface area contributed by atoms with Crippen molar-refractivity contribution < 1.29 is 9.00 Å². The molecule has 1 aromatic rings. The Morgan fingerprint density at radius 3 is 2.76 bits per heavy atom. The predicted octanol–water partition coefficient (Wildman–Crippen LogP) is 1.24. The molecule has 0 saturated heterocycles. The van der Waals surface area contributed by atoms with Crippen LogP contribution in [0, 0.1) is 11.3 Å². The summed E-state index contributed by atoms with van der Waals surface area (Å²) in [5.74, 6) is 0.388. The minimum absolute atomic E-state index is 0.186. The molecule has 1 atom stereocenters. The van der Waals surface area contributed by atoms with E-state index in [1.807, 2.05) is 6.07 Å². The number of hydrogen-bond acceptors (Lipinski definition) is 5. The van der Waals surface area contributed by atoms with Gasteiger partial charge in [-0.15, -0.1) is 0 Å². The molecule has 8 heteroatoms.